The zero-order chi connectivity index (χ0) is 34.1. The van der Waals surface area contributed by atoms with E-state index in [1.54, 1.807) is 0 Å². The summed E-state index contributed by atoms with van der Waals surface area (Å²) < 4.78 is 27.9. The van der Waals surface area contributed by atoms with Gasteiger partial charge in [-0.1, -0.05) is 67.3 Å². The van der Waals surface area contributed by atoms with Crippen LogP contribution in [-0.2, 0) is 20.1 Å². The predicted molar refractivity (Wildman–Crippen MR) is 197 cm³/mol. The van der Waals surface area contributed by atoms with Crippen LogP contribution in [0.4, 0.5) is 0 Å². The quantitative estimate of drug-likeness (QED) is 0.127. The maximum atomic E-state index is 8.20. The molecule has 46 heavy (non-hydrogen) atoms. The van der Waals surface area contributed by atoms with Gasteiger partial charge in [0.15, 0.2) is 0 Å². The molecule has 5 heteroatoms. The van der Waals surface area contributed by atoms with Crippen molar-refractivity contribution in [2.45, 2.75) is 43.9 Å². The third-order valence-corrected chi connectivity index (χ3v) is 13.5. The average molecular weight is 859 g/mol. The topological polar surface area (TPSA) is 25.8 Å². The summed E-state index contributed by atoms with van der Waals surface area (Å²) in [5, 5.41) is 2.01. The van der Waals surface area contributed by atoms with Gasteiger partial charge in [-0.15, -0.1) is 23.8 Å². The van der Waals surface area contributed by atoms with Crippen LogP contribution in [0, 0.1) is 19.0 Å². The summed E-state index contributed by atoms with van der Waals surface area (Å²) in [5.41, 5.74) is 7.40. The van der Waals surface area contributed by atoms with Crippen molar-refractivity contribution in [3.8, 4) is 33.6 Å². The number of pyridine rings is 2. The van der Waals surface area contributed by atoms with Crippen molar-refractivity contribution in [3.05, 3.63) is 139 Å². The van der Waals surface area contributed by atoms with Crippen LogP contribution in [0.25, 0.3) is 53.8 Å². The van der Waals surface area contributed by atoms with Gasteiger partial charge < -0.3 is 4.98 Å². The number of fused-ring (bicyclic) bond motifs is 3. The number of thiophene rings is 1. The second kappa shape index (κ2) is 14.6. The van der Waals surface area contributed by atoms with Gasteiger partial charge in [0, 0.05) is 35.1 Å². The molecule has 3 heterocycles. The molecule has 0 saturated carbocycles. The molecule has 0 fully saturated rings. The van der Waals surface area contributed by atoms with Crippen LogP contribution in [0.5, 0.6) is 0 Å². The molecule has 0 bridgehead atoms. The number of hydrogen-bond donors (Lipinski definition) is 0. The summed E-state index contributed by atoms with van der Waals surface area (Å²) in [6.07, 6.45) is 3.88. The normalized spacial score (nSPS) is 12.5. The number of nitrogens with zero attached hydrogens (tertiary/aromatic N) is 2. The summed E-state index contributed by atoms with van der Waals surface area (Å²) in [6.45, 7) is 2.12. The van der Waals surface area contributed by atoms with Crippen LogP contribution in [-0.4, -0.2) is 23.2 Å². The number of benzene rings is 4. The molecule has 2 nitrogen and oxygen atoms in total. The maximum absolute atomic E-state index is 8.20. The largest absolute Gasteiger partial charge is 0 e. The predicted octanol–water partition coefficient (Wildman–Crippen LogP) is 11.1. The van der Waals surface area contributed by atoms with E-state index in [-0.39, 0.29) is 20.1 Å². The molecule has 0 atom stereocenters. The molecular formula is C41H38GeIrN2S-2. The zero-order valence-electron chi connectivity index (χ0n) is 29.7. The molecule has 7 rings (SSSR count). The molecule has 0 amide bonds. The zero-order valence-corrected chi connectivity index (χ0v) is 32.0. The summed E-state index contributed by atoms with van der Waals surface area (Å²) in [6, 6.07) is 40.8. The maximum Gasteiger partial charge on any atom is 0 e. The van der Waals surface area contributed by atoms with Crippen LogP contribution >= 0.6 is 11.3 Å². The van der Waals surface area contributed by atoms with E-state index in [9.17, 15) is 0 Å². The monoisotopic (exact) mass is 860 g/mol. The van der Waals surface area contributed by atoms with Crippen LogP contribution in [0.3, 0.4) is 0 Å². The van der Waals surface area contributed by atoms with E-state index in [1.807, 2.05) is 91.3 Å². The van der Waals surface area contributed by atoms with Crippen molar-refractivity contribution in [1.29, 1.82) is 0 Å². The summed E-state index contributed by atoms with van der Waals surface area (Å²) in [4.78, 5) is 9.14. The second-order valence-corrected chi connectivity index (χ2v) is 24.2. The van der Waals surface area contributed by atoms with E-state index in [4.69, 9.17) is 4.11 Å². The Kier molecular flexibility index (Phi) is 9.49. The third-order valence-electron chi connectivity index (χ3n) is 7.96. The first-order valence-corrected chi connectivity index (χ1v) is 23.4. The van der Waals surface area contributed by atoms with Crippen LogP contribution in [0.2, 0.25) is 17.3 Å². The van der Waals surface area contributed by atoms with Crippen molar-refractivity contribution in [2.24, 2.45) is 0 Å². The Labute approximate surface area is 297 Å². The first-order valence-electron chi connectivity index (χ1n) is 16.8. The SMILES string of the molecule is [2H]C([2H])([2H])c1cc(-c2ccccc2)cc2c1sc1c(-c3cc(C(C)C)ccn3)[c-]ccc12.[CH3][Ge]([CH3])([CH3])[c]1ccc(-c2[c-]cccc2)nc1.[Ir]. The van der Waals surface area contributed by atoms with Crippen molar-refractivity contribution in [1.82, 2.24) is 9.97 Å². The van der Waals surface area contributed by atoms with Gasteiger partial charge in [-0.25, -0.2) is 0 Å². The minimum atomic E-state index is -2.20. The van der Waals surface area contributed by atoms with Gasteiger partial charge >= 0.3 is 99.8 Å². The summed E-state index contributed by atoms with van der Waals surface area (Å²) >= 11 is -0.192. The van der Waals surface area contributed by atoms with Gasteiger partial charge in [-0.3, -0.25) is 0 Å². The molecule has 0 unspecified atom stereocenters. The molecule has 0 aliphatic rings. The van der Waals surface area contributed by atoms with Crippen molar-refractivity contribution in [2.75, 3.05) is 0 Å². The molecule has 3 aromatic heterocycles. The van der Waals surface area contributed by atoms with Crippen LogP contribution < -0.4 is 4.40 Å². The molecule has 0 spiro atoms. The van der Waals surface area contributed by atoms with Gasteiger partial charge in [-0.2, -0.15) is 11.3 Å². The Balaban J connectivity index is 0.000000233. The van der Waals surface area contributed by atoms with E-state index < -0.39 is 20.1 Å². The number of hydrogen-bond acceptors (Lipinski definition) is 3. The van der Waals surface area contributed by atoms with E-state index in [0.717, 1.165) is 53.8 Å². The molecule has 0 aliphatic heterocycles. The Morgan fingerprint density at radius 1 is 0.739 bits per heavy atom. The van der Waals surface area contributed by atoms with Gasteiger partial charge in [0.05, 0.1) is 0 Å². The van der Waals surface area contributed by atoms with Crippen molar-refractivity contribution < 1.29 is 24.2 Å². The summed E-state index contributed by atoms with van der Waals surface area (Å²) in [5.74, 6) is 7.54. The van der Waals surface area contributed by atoms with E-state index in [2.05, 4.69) is 77.5 Å². The van der Waals surface area contributed by atoms with Gasteiger partial charge in [0.1, 0.15) is 0 Å². The van der Waals surface area contributed by atoms with Crippen LogP contribution in [0.15, 0.2) is 116 Å². The standard InChI is InChI=1S/C27H22NS.C14H16GeN.Ir/c1-17(2)20-12-13-28-25(16-20)23-11-7-10-22-24-15-21(19-8-5-4-6-9-19)14-18(3)26(24)29-27(22)23;1-15(2,3)13-9-10-14(16-11-13)12-7-5-4-6-8-12;/h4-10,12-17H,1-3H3;4-7,9-11H,1-3H3;/q2*-1;/i3D3;;. The molecule has 1 radical (unpaired) electrons. The minimum absolute atomic E-state index is 0. The van der Waals surface area contributed by atoms with Gasteiger partial charge in [0.25, 0.3) is 0 Å². The fourth-order valence-corrected chi connectivity index (χ4v) is 8.70. The van der Waals surface area contributed by atoms with Crippen LogP contribution in [0.1, 0.15) is 35.0 Å². The third kappa shape index (κ3) is 7.42. The Morgan fingerprint density at radius 2 is 1.54 bits per heavy atom. The van der Waals surface area contributed by atoms with Gasteiger partial charge in [0.2, 0.25) is 0 Å². The average Bonchev–Trinajstić information content (AvgIpc) is 3.47. The van der Waals surface area contributed by atoms with E-state index >= 15 is 0 Å². The van der Waals surface area contributed by atoms with Gasteiger partial charge in [-0.05, 0) is 57.4 Å². The number of aromatic nitrogens is 2. The van der Waals surface area contributed by atoms with Crippen molar-refractivity contribution in [3.63, 3.8) is 0 Å². The fraction of sp³-hybridized carbons (Fsp3) is 0.171. The van der Waals surface area contributed by atoms with E-state index in [1.165, 1.54) is 21.3 Å². The second-order valence-electron chi connectivity index (χ2n) is 12.6. The first kappa shape index (κ1) is 30.0. The Bertz CT molecular complexity index is 2170. The fourth-order valence-electron chi connectivity index (χ4n) is 5.32. The molecule has 0 aliphatic carbocycles. The van der Waals surface area contributed by atoms with E-state index in [0.29, 0.717) is 11.5 Å². The molecule has 7 aromatic rings. The number of aryl methyl sites for hydroxylation is 1. The molecule has 4 aromatic carbocycles. The van der Waals surface area contributed by atoms with Crippen molar-refractivity contribution >= 4 is 49.2 Å². The summed E-state index contributed by atoms with van der Waals surface area (Å²) in [7, 11) is 0. The Hall–Kier alpha value is -3.41. The first-order chi connectivity index (χ1) is 22.9. The molecular weight excluding hydrogens is 817 g/mol. The molecule has 0 saturated heterocycles. The minimum Gasteiger partial charge on any atom is 0 e. The molecule has 0 N–H and O–H groups in total. The molecule has 233 valence electrons. The Morgan fingerprint density at radius 3 is 2.22 bits per heavy atom. The number of rotatable bonds is 5. The smallest absolute Gasteiger partial charge is 0 e.